The Labute approximate surface area is 175 Å². The van der Waals surface area contributed by atoms with Crippen molar-refractivity contribution >= 4 is 11.7 Å². The predicted molar refractivity (Wildman–Crippen MR) is 96.2 cm³/mol. The van der Waals surface area contributed by atoms with Crippen LogP contribution in [0.1, 0.15) is 50.9 Å². The molecular weight excluding hydrogens is 329 g/mol. The second-order valence-corrected chi connectivity index (χ2v) is 5.00. The number of aromatic carboxylic acids is 1. The van der Waals surface area contributed by atoms with Gasteiger partial charge in [-0.05, 0) is 30.5 Å². The summed E-state index contributed by atoms with van der Waals surface area (Å²) >= 11 is 0. The fourth-order valence-corrected chi connectivity index (χ4v) is 2.72. The third-order valence-corrected chi connectivity index (χ3v) is 3.86. The average Bonchev–Trinajstić information content (AvgIpc) is 2.67. The summed E-state index contributed by atoms with van der Waals surface area (Å²) in [5, 5.41) is 10.7. The van der Waals surface area contributed by atoms with Gasteiger partial charge in [0.2, 0.25) is 0 Å². The summed E-state index contributed by atoms with van der Waals surface area (Å²) in [7, 11) is 3.33. The molecule has 1 fully saturated rings. The number of benzene rings is 1. The summed E-state index contributed by atoms with van der Waals surface area (Å²) in [6.45, 7) is 9.83. The van der Waals surface area contributed by atoms with Crippen molar-refractivity contribution in [3.63, 3.8) is 0 Å². The molecule has 0 aliphatic carbocycles. The Balaban J connectivity index is 0. The van der Waals surface area contributed by atoms with Gasteiger partial charge in [0.25, 0.3) is 0 Å². The first-order valence-electron chi connectivity index (χ1n) is 8.77. The average molecular weight is 361 g/mol. The monoisotopic (exact) mass is 361 g/mol. The van der Waals surface area contributed by atoms with Crippen molar-refractivity contribution < 1.29 is 48.9 Å². The molecule has 2 rings (SSSR count). The van der Waals surface area contributed by atoms with E-state index in [0.717, 1.165) is 31.6 Å². The molecular formula is C19H32NNaO4. The van der Waals surface area contributed by atoms with E-state index >= 15 is 0 Å². The number of hydrogen-bond donors (Lipinski definition) is 0. The fourth-order valence-electron chi connectivity index (χ4n) is 2.72. The van der Waals surface area contributed by atoms with Crippen LogP contribution in [0.2, 0.25) is 0 Å². The number of carboxylic acid groups (broad SMARTS) is 1. The minimum Gasteiger partial charge on any atom is -0.545 e. The Morgan fingerprint density at radius 2 is 1.48 bits per heavy atom. The fraction of sp³-hybridized carbons (Fsp3) is 0.632. The molecule has 0 atom stereocenters. The van der Waals surface area contributed by atoms with Crippen LogP contribution in [-0.4, -0.2) is 39.6 Å². The van der Waals surface area contributed by atoms with Gasteiger partial charge in [0.1, 0.15) is 0 Å². The van der Waals surface area contributed by atoms with Crippen molar-refractivity contribution in [3.05, 3.63) is 29.8 Å². The second kappa shape index (κ2) is 15.6. The first-order valence-corrected chi connectivity index (χ1v) is 8.77. The molecule has 0 aromatic heterocycles. The van der Waals surface area contributed by atoms with Crippen molar-refractivity contribution in [2.45, 2.75) is 46.8 Å². The van der Waals surface area contributed by atoms with Crippen molar-refractivity contribution in [1.29, 1.82) is 0 Å². The number of methoxy groups -OCH3 is 2. The predicted octanol–water partition coefficient (Wildman–Crippen LogP) is -0.0582. The SMILES string of the molecule is CC.CC.COC(OC)C1CCN(c2ccc(C(=O)[O-])cc2)CC1.[Na+]. The summed E-state index contributed by atoms with van der Waals surface area (Å²) in [4.78, 5) is 13.0. The molecule has 0 spiro atoms. The van der Waals surface area contributed by atoms with E-state index in [1.54, 1.807) is 26.4 Å². The van der Waals surface area contributed by atoms with Crippen molar-refractivity contribution in [1.82, 2.24) is 0 Å². The number of anilines is 1. The number of rotatable bonds is 5. The van der Waals surface area contributed by atoms with E-state index < -0.39 is 5.97 Å². The Morgan fingerprint density at radius 1 is 1.04 bits per heavy atom. The van der Waals surface area contributed by atoms with E-state index in [9.17, 15) is 9.90 Å². The maximum absolute atomic E-state index is 10.7. The third kappa shape index (κ3) is 8.56. The van der Waals surface area contributed by atoms with Gasteiger partial charge in [0, 0.05) is 38.9 Å². The van der Waals surface area contributed by atoms with Gasteiger partial charge in [-0.25, -0.2) is 0 Å². The van der Waals surface area contributed by atoms with E-state index in [2.05, 4.69) is 4.90 Å². The largest absolute Gasteiger partial charge is 1.00 e. The topological polar surface area (TPSA) is 61.8 Å². The molecule has 25 heavy (non-hydrogen) atoms. The van der Waals surface area contributed by atoms with Gasteiger partial charge in [-0.2, -0.15) is 0 Å². The molecule has 6 heteroatoms. The van der Waals surface area contributed by atoms with Crippen LogP contribution in [0.4, 0.5) is 5.69 Å². The molecule has 0 N–H and O–H groups in total. The summed E-state index contributed by atoms with van der Waals surface area (Å²) in [5.74, 6) is -0.734. The molecule has 1 heterocycles. The molecule has 1 aromatic rings. The van der Waals surface area contributed by atoms with Gasteiger partial charge in [0.05, 0.1) is 5.97 Å². The molecule has 5 nitrogen and oxygen atoms in total. The van der Waals surface area contributed by atoms with Crippen LogP contribution in [0.25, 0.3) is 0 Å². The molecule has 1 aliphatic heterocycles. The van der Waals surface area contributed by atoms with E-state index in [4.69, 9.17) is 9.47 Å². The molecule has 0 saturated carbocycles. The number of carboxylic acids is 1. The van der Waals surface area contributed by atoms with Gasteiger partial charge in [-0.1, -0.05) is 39.8 Å². The van der Waals surface area contributed by atoms with E-state index in [0.29, 0.717) is 5.92 Å². The first kappa shape index (κ1) is 26.6. The number of carbonyl (C=O) groups is 1. The molecule has 1 saturated heterocycles. The first-order chi connectivity index (χ1) is 11.7. The minimum atomic E-state index is -1.14. The Kier molecular flexibility index (Phi) is 16.7. The molecule has 138 valence electrons. The summed E-state index contributed by atoms with van der Waals surface area (Å²) in [5.41, 5.74) is 1.25. The Hall–Kier alpha value is -0.590. The third-order valence-electron chi connectivity index (χ3n) is 3.86. The van der Waals surface area contributed by atoms with Crippen LogP contribution in [-0.2, 0) is 9.47 Å². The standard InChI is InChI=1S/C15H21NO4.2C2H6.Na/c1-19-15(20-2)12-7-9-16(10-8-12)13-5-3-11(4-6-13)14(17)18;2*1-2;/h3-6,12,15H,7-10H2,1-2H3,(H,17,18);2*1-2H3;/q;;;+1/p-1. The van der Waals surface area contributed by atoms with Gasteiger partial charge in [-0.15, -0.1) is 0 Å². The molecule has 0 amide bonds. The van der Waals surface area contributed by atoms with E-state index in [1.807, 2.05) is 39.8 Å². The Bertz CT molecular complexity index is 441. The van der Waals surface area contributed by atoms with Crippen LogP contribution in [0.5, 0.6) is 0 Å². The summed E-state index contributed by atoms with van der Waals surface area (Å²) < 4.78 is 10.6. The zero-order chi connectivity index (χ0) is 18.5. The maximum atomic E-state index is 10.7. The number of nitrogens with zero attached hydrogens (tertiary/aromatic N) is 1. The van der Waals surface area contributed by atoms with E-state index in [1.165, 1.54) is 0 Å². The normalized spacial score (nSPS) is 13.8. The van der Waals surface area contributed by atoms with Gasteiger partial charge < -0.3 is 24.3 Å². The van der Waals surface area contributed by atoms with Crippen molar-refractivity contribution in [3.8, 4) is 0 Å². The minimum absolute atomic E-state index is 0. The smallest absolute Gasteiger partial charge is 0.545 e. The molecule has 0 unspecified atom stereocenters. The van der Waals surface area contributed by atoms with Crippen LogP contribution in [0.15, 0.2) is 24.3 Å². The quantitative estimate of drug-likeness (QED) is 0.543. The number of ether oxygens (including phenoxy) is 2. The van der Waals surface area contributed by atoms with Gasteiger partial charge >= 0.3 is 29.6 Å². The molecule has 0 radical (unpaired) electrons. The zero-order valence-corrected chi connectivity index (χ0v) is 18.9. The molecule has 1 aromatic carbocycles. The van der Waals surface area contributed by atoms with Crippen LogP contribution in [0.3, 0.4) is 0 Å². The van der Waals surface area contributed by atoms with E-state index in [-0.39, 0.29) is 41.4 Å². The van der Waals surface area contributed by atoms with Crippen molar-refractivity contribution in [2.75, 3.05) is 32.2 Å². The van der Waals surface area contributed by atoms with Gasteiger partial charge in [0.15, 0.2) is 6.29 Å². The number of carbonyl (C=O) groups excluding carboxylic acids is 1. The maximum Gasteiger partial charge on any atom is 1.00 e. The molecule has 1 aliphatic rings. The summed E-state index contributed by atoms with van der Waals surface area (Å²) in [6, 6.07) is 6.83. The molecule has 0 bridgehead atoms. The Morgan fingerprint density at radius 3 is 1.84 bits per heavy atom. The second-order valence-electron chi connectivity index (χ2n) is 5.00. The number of piperidine rings is 1. The zero-order valence-electron chi connectivity index (χ0n) is 16.9. The number of hydrogen-bond acceptors (Lipinski definition) is 5. The van der Waals surface area contributed by atoms with Crippen LogP contribution in [0, 0.1) is 5.92 Å². The van der Waals surface area contributed by atoms with Crippen molar-refractivity contribution in [2.24, 2.45) is 5.92 Å². The van der Waals surface area contributed by atoms with Crippen LogP contribution < -0.4 is 39.6 Å². The summed E-state index contributed by atoms with van der Waals surface area (Å²) in [6.07, 6.45) is 1.85. The van der Waals surface area contributed by atoms with Gasteiger partial charge in [-0.3, -0.25) is 0 Å². The van der Waals surface area contributed by atoms with Crippen LogP contribution >= 0.6 is 0 Å².